The summed E-state index contributed by atoms with van der Waals surface area (Å²) in [7, 11) is 0. The van der Waals surface area contributed by atoms with E-state index in [1.165, 1.54) is 0 Å². The Hall–Kier alpha value is -2.60. The van der Waals surface area contributed by atoms with Gasteiger partial charge < -0.3 is 9.47 Å². The summed E-state index contributed by atoms with van der Waals surface area (Å²) in [5, 5.41) is 3.59. The van der Waals surface area contributed by atoms with E-state index in [1.807, 2.05) is 0 Å². The molecular formula is C11H10N6O2. The SMILES string of the molecule is [N-]=[N+]=Nc1cc(C2=NCCO2)nc(C2=NCCO2)c1. The predicted molar refractivity (Wildman–Crippen MR) is 67.8 cm³/mol. The molecule has 1 aromatic rings. The van der Waals surface area contributed by atoms with E-state index in [0.717, 1.165) is 0 Å². The predicted octanol–water partition coefficient (Wildman–Crippen LogP) is 1.58. The lowest BCUT2D eigenvalue weighted by molar-refractivity contribution is 0.345. The standard InChI is InChI=1S/C11H10N6O2/c12-17-16-7-5-8(10-13-1-3-18-10)15-9(6-7)11-14-2-4-19-11/h5-6H,1-4H2. The van der Waals surface area contributed by atoms with Crippen LogP contribution in [0.1, 0.15) is 11.4 Å². The summed E-state index contributed by atoms with van der Waals surface area (Å²) in [5.41, 5.74) is 10.0. The third-order valence-electron chi connectivity index (χ3n) is 2.58. The molecule has 3 rings (SSSR count). The summed E-state index contributed by atoms with van der Waals surface area (Å²) < 4.78 is 10.7. The number of hydrogen-bond donors (Lipinski definition) is 0. The van der Waals surface area contributed by atoms with Crippen molar-refractivity contribution in [3.63, 3.8) is 0 Å². The number of rotatable bonds is 3. The zero-order valence-electron chi connectivity index (χ0n) is 9.98. The highest BCUT2D eigenvalue weighted by Gasteiger charge is 2.18. The highest BCUT2D eigenvalue weighted by atomic mass is 16.5. The van der Waals surface area contributed by atoms with Crippen LogP contribution in [0.5, 0.6) is 0 Å². The van der Waals surface area contributed by atoms with Gasteiger partial charge in [-0.05, 0) is 17.7 Å². The minimum absolute atomic E-state index is 0.430. The Balaban J connectivity index is 2.06. The van der Waals surface area contributed by atoms with Gasteiger partial charge in [0.2, 0.25) is 11.8 Å². The molecule has 0 fully saturated rings. The van der Waals surface area contributed by atoms with Gasteiger partial charge in [-0.1, -0.05) is 5.11 Å². The molecule has 0 spiro atoms. The third kappa shape index (κ3) is 2.34. The van der Waals surface area contributed by atoms with E-state index in [0.29, 0.717) is 55.2 Å². The number of aliphatic imine (C=N–C) groups is 2. The summed E-state index contributed by atoms with van der Waals surface area (Å²) in [4.78, 5) is 15.5. The van der Waals surface area contributed by atoms with Gasteiger partial charge in [0.05, 0.1) is 13.1 Å². The second-order valence-electron chi connectivity index (χ2n) is 3.86. The lowest BCUT2D eigenvalue weighted by Gasteiger charge is -2.06. The summed E-state index contributed by atoms with van der Waals surface area (Å²) in [6, 6.07) is 3.26. The molecule has 0 aromatic carbocycles. The molecule has 0 saturated carbocycles. The summed E-state index contributed by atoms with van der Waals surface area (Å²) in [6.07, 6.45) is 0. The highest BCUT2D eigenvalue weighted by molar-refractivity contribution is 5.98. The van der Waals surface area contributed by atoms with Crippen molar-refractivity contribution < 1.29 is 9.47 Å². The number of ether oxygens (including phenoxy) is 2. The maximum Gasteiger partial charge on any atom is 0.235 e. The van der Waals surface area contributed by atoms with Gasteiger partial charge in [-0.15, -0.1) is 0 Å². The van der Waals surface area contributed by atoms with Crippen LogP contribution in [-0.4, -0.2) is 43.1 Å². The van der Waals surface area contributed by atoms with Gasteiger partial charge in [0, 0.05) is 10.6 Å². The Morgan fingerprint density at radius 1 is 1.05 bits per heavy atom. The van der Waals surface area contributed by atoms with Gasteiger partial charge in [0.15, 0.2) is 0 Å². The van der Waals surface area contributed by atoms with Crippen molar-refractivity contribution in [1.29, 1.82) is 0 Å². The van der Waals surface area contributed by atoms with Crippen LogP contribution in [0.2, 0.25) is 0 Å². The van der Waals surface area contributed by atoms with Gasteiger partial charge in [-0.25, -0.2) is 15.0 Å². The van der Waals surface area contributed by atoms with Crippen molar-refractivity contribution in [2.75, 3.05) is 26.3 Å². The zero-order chi connectivity index (χ0) is 13.1. The molecule has 8 heteroatoms. The minimum Gasteiger partial charge on any atom is -0.474 e. The molecule has 0 unspecified atom stereocenters. The average Bonchev–Trinajstić information content (AvgIpc) is 3.12. The van der Waals surface area contributed by atoms with Gasteiger partial charge in [0.1, 0.15) is 24.6 Å². The van der Waals surface area contributed by atoms with Crippen molar-refractivity contribution in [2.45, 2.75) is 0 Å². The first-order chi connectivity index (χ1) is 9.36. The quantitative estimate of drug-likeness (QED) is 0.466. The van der Waals surface area contributed by atoms with Gasteiger partial charge >= 0.3 is 0 Å². The van der Waals surface area contributed by atoms with Crippen LogP contribution in [-0.2, 0) is 9.47 Å². The van der Waals surface area contributed by atoms with E-state index >= 15 is 0 Å². The topological polar surface area (TPSA) is 105 Å². The number of hydrogen-bond acceptors (Lipinski definition) is 6. The molecule has 19 heavy (non-hydrogen) atoms. The second-order valence-corrected chi connectivity index (χ2v) is 3.86. The largest absolute Gasteiger partial charge is 0.474 e. The van der Waals surface area contributed by atoms with Crippen LogP contribution in [0.4, 0.5) is 5.69 Å². The fraction of sp³-hybridized carbons (Fsp3) is 0.364. The molecule has 3 heterocycles. The van der Waals surface area contributed by atoms with E-state index in [-0.39, 0.29) is 0 Å². The number of azide groups is 1. The van der Waals surface area contributed by atoms with Crippen LogP contribution in [0.15, 0.2) is 27.2 Å². The van der Waals surface area contributed by atoms with Gasteiger partial charge in [0.25, 0.3) is 0 Å². The number of aromatic nitrogens is 1. The van der Waals surface area contributed by atoms with E-state index in [9.17, 15) is 0 Å². The van der Waals surface area contributed by atoms with E-state index in [4.69, 9.17) is 15.0 Å². The monoisotopic (exact) mass is 258 g/mol. The molecule has 0 aliphatic carbocycles. The molecule has 0 amide bonds. The lowest BCUT2D eigenvalue weighted by atomic mass is 10.2. The van der Waals surface area contributed by atoms with Crippen molar-refractivity contribution in [1.82, 2.24) is 4.98 Å². The van der Waals surface area contributed by atoms with Crippen LogP contribution in [0.3, 0.4) is 0 Å². The number of nitrogens with zero attached hydrogens (tertiary/aromatic N) is 6. The molecule has 0 N–H and O–H groups in total. The molecule has 8 nitrogen and oxygen atoms in total. The molecule has 0 bridgehead atoms. The molecule has 1 aromatic heterocycles. The Morgan fingerprint density at radius 3 is 2.05 bits per heavy atom. The van der Waals surface area contributed by atoms with E-state index < -0.39 is 0 Å². The van der Waals surface area contributed by atoms with Gasteiger partial charge in [-0.3, -0.25) is 0 Å². The summed E-state index contributed by atoms with van der Waals surface area (Å²) in [5.74, 6) is 0.907. The number of pyridine rings is 1. The third-order valence-corrected chi connectivity index (χ3v) is 2.58. The Morgan fingerprint density at radius 2 is 1.63 bits per heavy atom. The fourth-order valence-corrected chi connectivity index (χ4v) is 1.82. The van der Waals surface area contributed by atoms with Crippen molar-refractivity contribution in [3.05, 3.63) is 34.0 Å². The first-order valence-electron chi connectivity index (χ1n) is 5.79. The first-order valence-corrected chi connectivity index (χ1v) is 5.79. The maximum atomic E-state index is 8.55. The van der Waals surface area contributed by atoms with E-state index in [1.54, 1.807) is 12.1 Å². The second kappa shape index (κ2) is 4.95. The molecule has 96 valence electrons. The molecule has 2 aliphatic rings. The average molecular weight is 258 g/mol. The minimum atomic E-state index is 0.430. The van der Waals surface area contributed by atoms with Crippen LogP contribution < -0.4 is 0 Å². The maximum absolute atomic E-state index is 8.55. The smallest absolute Gasteiger partial charge is 0.235 e. The Kier molecular flexibility index (Phi) is 2.99. The van der Waals surface area contributed by atoms with Crippen LogP contribution in [0.25, 0.3) is 10.4 Å². The van der Waals surface area contributed by atoms with Crippen molar-refractivity contribution >= 4 is 17.5 Å². The van der Waals surface area contributed by atoms with Gasteiger partial charge in [-0.2, -0.15) is 0 Å². The van der Waals surface area contributed by atoms with Crippen LogP contribution in [0, 0.1) is 0 Å². The summed E-state index contributed by atoms with van der Waals surface area (Å²) in [6.45, 7) is 2.29. The normalized spacial score (nSPS) is 17.1. The molecule has 2 aliphatic heterocycles. The first kappa shape index (κ1) is 11.5. The van der Waals surface area contributed by atoms with E-state index in [2.05, 4.69) is 25.0 Å². The zero-order valence-corrected chi connectivity index (χ0v) is 9.98. The molecular weight excluding hydrogens is 248 g/mol. The summed E-state index contributed by atoms with van der Waals surface area (Å²) >= 11 is 0. The molecule has 0 atom stereocenters. The Bertz CT molecular complexity index is 575. The van der Waals surface area contributed by atoms with Crippen molar-refractivity contribution in [2.24, 2.45) is 15.1 Å². The highest BCUT2D eigenvalue weighted by Crippen LogP contribution is 2.19. The van der Waals surface area contributed by atoms with Crippen molar-refractivity contribution in [3.8, 4) is 0 Å². The Labute approximate surface area is 108 Å². The molecule has 0 radical (unpaired) electrons. The fourth-order valence-electron chi connectivity index (χ4n) is 1.82. The molecule has 0 saturated heterocycles. The van der Waals surface area contributed by atoms with Crippen LogP contribution >= 0.6 is 0 Å². The lowest BCUT2D eigenvalue weighted by Crippen LogP contribution is -2.10.